The minimum absolute atomic E-state index is 0. The Hall–Kier alpha value is -2.24. The van der Waals surface area contributed by atoms with E-state index in [4.69, 9.17) is 4.99 Å². The topological polar surface area (TPSA) is 97.3 Å². The van der Waals surface area contributed by atoms with Crippen molar-refractivity contribution in [1.29, 1.82) is 0 Å². The number of unbranched alkanes of at least 4 members (excludes halogenated alkanes) is 1. The van der Waals surface area contributed by atoms with E-state index < -0.39 is 0 Å². The number of aryl methyl sites for hydroxylation is 1. The van der Waals surface area contributed by atoms with Gasteiger partial charge in [0.05, 0.1) is 0 Å². The number of nitrogens with zero attached hydrogens (tertiary/aromatic N) is 7. The van der Waals surface area contributed by atoms with Gasteiger partial charge in [-0.2, -0.15) is 0 Å². The summed E-state index contributed by atoms with van der Waals surface area (Å²) in [6.45, 7) is 9.49. The lowest BCUT2D eigenvalue weighted by molar-refractivity contribution is 0.443. The molecular weight excluding hydrogens is 517 g/mol. The van der Waals surface area contributed by atoms with Crippen LogP contribution >= 0.6 is 24.0 Å². The van der Waals surface area contributed by atoms with E-state index in [1.807, 2.05) is 28.8 Å². The molecule has 3 aromatic heterocycles. The monoisotopic (exact) mass is 553 g/mol. The van der Waals surface area contributed by atoms with Crippen molar-refractivity contribution >= 4 is 35.6 Å². The second-order valence-electron chi connectivity index (χ2n) is 7.73. The molecule has 10 heteroatoms. The molecule has 3 aromatic rings. The zero-order valence-electron chi connectivity index (χ0n) is 19.4. The van der Waals surface area contributed by atoms with Crippen molar-refractivity contribution in [3.63, 3.8) is 0 Å². The van der Waals surface area contributed by atoms with Crippen molar-refractivity contribution in [2.45, 2.75) is 66.0 Å². The van der Waals surface area contributed by atoms with Crippen molar-refractivity contribution in [3.8, 4) is 0 Å². The number of pyridine rings is 1. The second kappa shape index (κ2) is 14.0. The predicted molar refractivity (Wildman–Crippen MR) is 138 cm³/mol. The number of aliphatic imine (C=N–C) groups is 1. The second-order valence-corrected chi connectivity index (χ2v) is 7.73. The average Bonchev–Trinajstić information content (AvgIpc) is 3.43. The van der Waals surface area contributed by atoms with Crippen molar-refractivity contribution in [2.75, 3.05) is 13.1 Å². The summed E-state index contributed by atoms with van der Waals surface area (Å²) in [7, 11) is 0. The summed E-state index contributed by atoms with van der Waals surface area (Å²) < 4.78 is 4.05. The normalized spacial score (nSPS) is 12.5. The highest BCUT2D eigenvalue weighted by Crippen LogP contribution is 2.11. The molecule has 0 saturated heterocycles. The first-order chi connectivity index (χ1) is 15.2. The van der Waals surface area contributed by atoms with Crippen LogP contribution in [0.25, 0.3) is 5.65 Å². The minimum atomic E-state index is 0. The molecule has 9 nitrogen and oxygen atoms in total. The molecule has 0 spiro atoms. The number of nitrogens with one attached hydrogen (secondary N) is 2. The number of hydrogen-bond acceptors (Lipinski definition) is 5. The first kappa shape index (κ1) is 26.0. The number of aromatic nitrogens is 6. The Kier molecular flexibility index (Phi) is 11.4. The van der Waals surface area contributed by atoms with Gasteiger partial charge in [-0.25, -0.2) is 4.99 Å². The highest BCUT2D eigenvalue weighted by atomic mass is 127. The van der Waals surface area contributed by atoms with Gasteiger partial charge < -0.3 is 15.2 Å². The number of hydrogen-bond donors (Lipinski definition) is 2. The van der Waals surface area contributed by atoms with Crippen molar-refractivity contribution in [1.82, 2.24) is 40.0 Å². The van der Waals surface area contributed by atoms with Crippen molar-refractivity contribution in [3.05, 3.63) is 42.4 Å². The van der Waals surface area contributed by atoms with E-state index in [1.165, 1.54) is 19.3 Å². The zero-order valence-corrected chi connectivity index (χ0v) is 21.7. The third-order valence-electron chi connectivity index (χ3n) is 5.52. The van der Waals surface area contributed by atoms with Gasteiger partial charge in [-0.1, -0.05) is 46.1 Å². The fourth-order valence-corrected chi connectivity index (χ4v) is 3.54. The van der Waals surface area contributed by atoms with Crippen LogP contribution < -0.4 is 10.6 Å². The number of halogens is 1. The predicted octanol–water partition coefficient (Wildman–Crippen LogP) is 3.45. The molecule has 3 rings (SSSR count). The molecule has 0 saturated carbocycles. The molecule has 1 unspecified atom stereocenters. The van der Waals surface area contributed by atoms with Crippen LogP contribution in [0.5, 0.6) is 0 Å². The molecule has 3 heterocycles. The Morgan fingerprint density at radius 3 is 2.75 bits per heavy atom. The fourth-order valence-electron chi connectivity index (χ4n) is 3.54. The molecule has 176 valence electrons. The van der Waals surface area contributed by atoms with Gasteiger partial charge in [0.2, 0.25) is 0 Å². The summed E-state index contributed by atoms with van der Waals surface area (Å²) in [6, 6.07) is 5.88. The number of fused-ring (bicyclic) bond motifs is 1. The van der Waals surface area contributed by atoms with Crippen LogP contribution in [0.2, 0.25) is 0 Å². The third kappa shape index (κ3) is 7.42. The molecule has 1 atom stereocenters. The highest BCUT2D eigenvalue weighted by molar-refractivity contribution is 14.0. The molecule has 0 aromatic carbocycles. The van der Waals surface area contributed by atoms with Crippen LogP contribution in [-0.2, 0) is 19.5 Å². The number of rotatable bonds is 12. The van der Waals surface area contributed by atoms with Gasteiger partial charge in [-0.15, -0.1) is 44.4 Å². The zero-order chi connectivity index (χ0) is 21.9. The molecule has 0 amide bonds. The van der Waals surface area contributed by atoms with E-state index in [9.17, 15) is 0 Å². The summed E-state index contributed by atoms with van der Waals surface area (Å²) in [5.41, 5.74) is 0.834. The Bertz CT molecular complexity index is 950. The molecule has 0 bridgehead atoms. The van der Waals surface area contributed by atoms with E-state index in [0.29, 0.717) is 12.5 Å². The van der Waals surface area contributed by atoms with Gasteiger partial charge in [-0.3, -0.25) is 4.40 Å². The van der Waals surface area contributed by atoms with Gasteiger partial charge in [0.25, 0.3) is 0 Å². The van der Waals surface area contributed by atoms with E-state index in [1.54, 1.807) is 6.33 Å². The summed E-state index contributed by atoms with van der Waals surface area (Å²) in [5.74, 6) is 3.26. The maximum atomic E-state index is 4.79. The summed E-state index contributed by atoms with van der Waals surface area (Å²) in [6.07, 6.45) is 9.52. The molecule has 0 aliphatic heterocycles. The largest absolute Gasteiger partial charge is 0.356 e. The lowest BCUT2D eigenvalue weighted by atomic mass is 9.99. The van der Waals surface area contributed by atoms with Crippen molar-refractivity contribution < 1.29 is 0 Å². The van der Waals surface area contributed by atoms with E-state index in [2.05, 4.69) is 56.4 Å². The molecule has 0 radical (unpaired) electrons. The maximum absolute atomic E-state index is 4.79. The summed E-state index contributed by atoms with van der Waals surface area (Å²) >= 11 is 0. The van der Waals surface area contributed by atoms with Gasteiger partial charge in [0.15, 0.2) is 17.4 Å². The first-order valence-corrected chi connectivity index (χ1v) is 11.4. The van der Waals surface area contributed by atoms with Gasteiger partial charge in [-0.05, 0) is 24.5 Å². The molecule has 0 aliphatic rings. The quantitative estimate of drug-likeness (QED) is 0.203. The average molecular weight is 553 g/mol. The maximum Gasteiger partial charge on any atom is 0.191 e. The van der Waals surface area contributed by atoms with E-state index >= 15 is 0 Å². The van der Waals surface area contributed by atoms with Crippen LogP contribution in [0.3, 0.4) is 0 Å². The smallest absolute Gasteiger partial charge is 0.191 e. The fraction of sp³-hybridized carbons (Fsp3) is 0.591. The summed E-state index contributed by atoms with van der Waals surface area (Å²) in [5, 5.41) is 23.7. The van der Waals surface area contributed by atoms with E-state index in [0.717, 1.165) is 55.7 Å². The number of guanidine groups is 1. The van der Waals surface area contributed by atoms with Crippen LogP contribution in [0.15, 0.2) is 35.7 Å². The van der Waals surface area contributed by atoms with Crippen molar-refractivity contribution in [2.24, 2.45) is 10.9 Å². The minimum Gasteiger partial charge on any atom is -0.356 e. The standard InChI is InChI=1S/C22H35N9.HI/c1-4-7-10-18(5-2)15-24-22(23-12-14-30-17-26-27-19(30)6-3)25-16-21-29-28-20-11-8-9-13-31(20)21;/h8-9,11,13,17-18H,4-7,10,12,14-16H2,1-3H3,(H2,23,24,25);1H. The van der Waals surface area contributed by atoms with E-state index in [-0.39, 0.29) is 24.0 Å². The Balaban J connectivity index is 0.00000363. The molecule has 2 N–H and O–H groups in total. The molecular formula is C22H36IN9. The van der Waals surface area contributed by atoms with Crippen LogP contribution in [0.1, 0.15) is 58.1 Å². The Morgan fingerprint density at radius 2 is 1.97 bits per heavy atom. The molecule has 0 aliphatic carbocycles. The van der Waals surface area contributed by atoms with Gasteiger partial charge >= 0.3 is 0 Å². The summed E-state index contributed by atoms with van der Waals surface area (Å²) in [4.78, 5) is 4.79. The Labute approximate surface area is 207 Å². The Morgan fingerprint density at radius 1 is 1.09 bits per heavy atom. The molecule has 0 fully saturated rings. The van der Waals surface area contributed by atoms with Crippen LogP contribution in [-0.4, -0.2) is 48.4 Å². The lowest BCUT2D eigenvalue weighted by Gasteiger charge is -2.18. The first-order valence-electron chi connectivity index (χ1n) is 11.4. The van der Waals surface area contributed by atoms with Crippen LogP contribution in [0.4, 0.5) is 0 Å². The van der Waals surface area contributed by atoms with Gasteiger partial charge in [0, 0.05) is 32.3 Å². The highest BCUT2D eigenvalue weighted by Gasteiger charge is 2.09. The third-order valence-corrected chi connectivity index (χ3v) is 5.52. The molecule has 32 heavy (non-hydrogen) atoms. The SMILES string of the molecule is CCCCC(CC)CNC(=NCc1nnc2ccccn12)NCCn1cnnc1CC.I. The van der Waals surface area contributed by atoms with Gasteiger partial charge in [0.1, 0.15) is 18.7 Å². The van der Waals surface area contributed by atoms with Crippen LogP contribution in [0, 0.1) is 5.92 Å². The lowest BCUT2D eigenvalue weighted by Crippen LogP contribution is -2.41.